The second kappa shape index (κ2) is 7.31. The Bertz CT molecular complexity index is 758. The van der Waals surface area contributed by atoms with E-state index in [-0.39, 0.29) is 22.5 Å². The van der Waals surface area contributed by atoms with Crippen molar-refractivity contribution in [1.82, 2.24) is 4.57 Å². The Morgan fingerprint density at radius 3 is 2.83 bits per heavy atom. The third-order valence-corrected chi connectivity index (χ3v) is 4.79. The molecule has 0 bridgehead atoms. The molecule has 1 aromatic heterocycles. The first kappa shape index (κ1) is 17.7. The molecule has 1 aromatic rings. The minimum Gasteiger partial charge on any atom is -0.338 e. The molecule has 0 saturated heterocycles. The Kier molecular flexibility index (Phi) is 5.64. The summed E-state index contributed by atoms with van der Waals surface area (Å²) in [6, 6.07) is 1.57. The molecular weight excluding hydrogens is 341 g/mol. The van der Waals surface area contributed by atoms with Gasteiger partial charge < -0.3 is 10.0 Å². The molecule has 1 aliphatic rings. The lowest BCUT2D eigenvalue weighted by Gasteiger charge is -2.21. The van der Waals surface area contributed by atoms with Gasteiger partial charge in [0.2, 0.25) is 0 Å². The van der Waals surface area contributed by atoms with E-state index < -0.39 is 11.0 Å². The highest BCUT2D eigenvalue weighted by Gasteiger charge is 2.17. The van der Waals surface area contributed by atoms with Crippen molar-refractivity contribution in [3.8, 4) is 0 Å². The molecule has 0 radical (unpaired) electrons. The van der Waals surface area contributed by atoms with Crippen LogP contribution in [0.25, 0.3) is 0 Å². The van der Waals surface area contributed by atoms with Gasteiger partial charge in [-0.1, -0.05) is 13.0 Å². The number of aromatic nitrogens is 1. The van der Waals surface area contributed by atoms with Gasteiger partial charge >= 0.3 is 0 Å². The van der Waals surface area contributed by atoms with Gasteiger partial charge in [0.05, 0.1) is 11.4 Å². The van der Waals surface area contributed by atoms with Crippen LogP contribution in [0.1, 0.15) is 18.9 Å². The number of rotatable bonds is 5. The lowest BCUT2D eigenvalue weighted by molar-refractivity contribution is 0.601. The van der Waals surface area contributed by atoms with Gasteiger partial charge in [-0.3, -0.25) is 9.36 Å². The molecule has 2 rings (SSSR count). The first-order chi connectivity index (χ1) is 10.8. The molecule has 1 aliphatic carbocycles. The lowest BCUT2D eigenvalue weighted by atomic mass is 10.0. The third-order valence-electron chi connectivity index (χ3n) is 3.55. The van der Waals surface area contributed by atoms with E-state index in [0.717, 1.165) is 0 Å². The monoisotopic (exact) mass is 359 g/mol. The number of allylic oxidation sites excluding steroid dienone is 3. The zero-order valence-corrected chi connectivity index (χ0v) is 14.7. The molecule has 126 valence electrons. The fourth-order valence-electron chi connectivity index (χ4n) is 2.32. The predicted molar refractivity (Wildman–Crippen MR) is 93.6 cm³/mol. The van der Waals surface area contributed by atoms with Crippen LogP contribution in [0.15, 0.2) is 34.5 Å². The van der Waals surface area contributed by atoms with Crippen molar-refractivity contribution in [2.45, 2.75) is 20.3 Å². The van der Waals surface area contributed by atoms with Crippen molar-refractivity contribution in [2.24, 2.45) is 13.0 Å². The van der Waals surface area contributed by atoms with Gasteiger partial charge in [0.15, 0.2) is 0 Å². The van der Waals surface area contributed by atoms with E-state index in [1.165, 1.54) is 10.6 Å². The number of alkyl halides is 1. The number of nitrogens with zero attached hydrogens (tertiary/aromatic N) is 1. The van der Waals surface area contributed by atoms with Crippen molar-refractivity contribution in [3.63, 3.8) is 0 Å². The molecule has 0 aromatic carbocycles. The van der Waals surface area contributed by atoms with Crippen molar-refractivity contribution >= 4 is 34.1 Å². The second-order valence-corrected chi connectivity index (χ2v) is 7.25. The molecule has 2 atom stereocenters. The molecule has 2 N–H and O–H groups in total. The van der Waals surface area contributed by atoms with Gasteiger partial charge in [0, 0.05) is 12.6 Å². The Morgan fingerprint density at radius 1 is 1.52 bits per heavy atom. The Hall–Kier alpha value is -1.60. The number of hydrogen-bond donors (Lipinski definition) is 2. The van der Waals surface area contributed by atoms with Gasteiger partial charge in [0.1, 0.15) is 27.8 Å². The van der Waals surface area contributed by atoms with Crippen LogP contribution in [0.2, 0.25) is 0 Å². The standard InChI is InChI=1S/C15H19ClFN3O2S/c1-9-4-5-12(11(17)6-9)18-14-13(19-23(22)8-16)7-10(2)15(21)20(14)3/h5-7,9,18-19H,4,8H2,1-3H3. The summed E-state index contributed by atoms with van der Waals surface area (Å²) in [6.45, 7) is 3.58. The summed E-state index contributed by atoms with van der Waals surface area (Å²) in [6.07, 6.45) is 3.97. The Labute approximate surface area is 141 Å². The maximum atomic E-state index is 14.1. The van der Waals surface area contributed by atoms with Crippen LogP contribution in [0.4, 0.5) is 15.9 Å². The highest BCUT2D eigenvalue weighted by Crippen LogP contribution is 2.28. The third kappa shape index (κ3) is 4.03. The zero-order chi connectivity index (χ0) is 17.1. The summed E-state index contributed by atoms with van der Waals surface area (Å²) in [5.74, 6) is 0.0911. The number of hydrogen-bond acceptors (Lipinski definition) is 3. The first-order valence-electron chi connectivity index (χ1n) is 7.10. The second-order valence-electron chi connectivity index (χ2n) is 5.48. The van der Waals surface area contributed by atoms with Crippen molar-refractivity contribution < 1.29 is 8.60 Å². The van der Waals surface area contributed by atoms with Crippen LogP contribution in [0.5, 0.6) is 0 Å². The summed E-state index contributed by atoms with van der Waals surface area (Å²) in [5, 5.41) is 2.82. The maximum absolute atomic E-state index is 14.1. The predicted octanol–water partition coefficient (Wildman–Crippen LogP) is 3.15. The molecule has 0 fully saturated rings. The van der Waals surface area contributed by atoms with Crippen molar-refractivity contribution in [2.75, 3.05) is 15.3 Å². The topological polar surface area (TPSA) is 63.1 Å². The normalized spacial score (nSPS) is 18.9. The summed E-state index contributed by atoms with van der Waals surface area (Å²) in [4.78, 5) is 12.1. The molecule has 2 unspecified atom stereocenters. The van der Waals surface area contributed by atoms with Crippen LogP contribution < -0.4 is 15.6 Å². The Morgan fingerprint density at radius 2 is 2.22 bits per heavy atom. The summed E-state index contributed by atoms with van der Waals surface area (Å²) in [7, 11) is 0.0694. The first-order valence-corrected chi connectivity index (χ1v) is 8.95. The van der Waals surface area contributed by atoms with Crippen LogP contribution >= 0.6 is 11.6 Å². The number of nitrogens with one attached hydrogen (secondary N) is 2. The number of aryl methyl sites for hydroxylation is 1. The molecule has 0 saturated carbocycles. The SMILES string of the molecule is Cc1cc(NS(=O)CCl)c(NC2=CCC(C)C=C2F)n(C)c1=O. The van der Waals surface area contributed by atoms with Gasteiger partial charge in [-0.25, -0.2) is 8.60 Å². The minimum atomic E-state index is -1.50. The number of anilines is 2. The molecule has 23 heavy (non-hydrogen) atoms. The molecule has 0 aliphatic heterocycles. The summed E-state index contributed by atoms with van der Waals surface area (Å²) < 4.78 is 29.9. The van der Waals surface area contributed by atoms with E-state index in [0.29, 0.717) is 29.2 Å². The van der Waals surface area contributed by atoms with E-state index in [1.807, 2.05) is 6.92 Å². The van der Waals surface area contributed by atoms with E-state index in [1.54, 1.807) is 26.1 Å². The van der Waals surface area contributed by atoms with E-state index in [9.17, 15) is 13.4 Å². The van der Waals surface area contributed by atoms with Gasteiger partial charge in [0.25, 0.3) is 5.56 Å². The number of halogens is 2. The molecule has 8 heteroatoms. The van der Waals surface area contributed by atoms with Crippen LogP contribution in [0.3, 0.4) is 0 Å². The maximum Gasteiger partial charge on any atom is 0.254 e. The fraction of sp³-hybridized carbons (Fsp3) is 0.400. The minimum absolute atomic E-state index is 0.101. The van der Waals surface area contributed by atoms with Gasteiger partial charge in [-0.05, 0) is 31.4 Å². The van der Waals surface area contributed by atoms with E-state index in [2.05, 4.69) is 10.0 Å². The summed E-state index contributed by atoms with van der Waals surface area (Å²) >= 11 is 5.56. The van der Waals surface area contributed by atoms with Gasteiger partial charge in [-0.15, -0.1) is 11.6 Å². The average Bonchev–Trinajstić information content (AvgIpc) is 2.50. The molecule has 0 spiro atoms. The molecular formula is C15H19ClFN3O2S. The van der Waals surface area contributed by atoms with Crippen molar-refractivity contribution in [1.29, 1.82) is 0 Å². The smallest absolute Gasteiger partial charge is 0.254 e. The molecule has 1 heterocycles. The average molecular weight is 360 g/mol. The fourth-order valence-corrected chi connectivity index (χ4v) is 2.94. The van der Waals surface area contributed by atoms with Crippen molar-refractivity contribution in [3.05, 3.63) is 45.7 Å². The zero-order valence-electron chi connectivity index (χ0n) is 13.2. The quantitative estimate of drug-likeness (QED) is 0.794. The van der Waals surface area contributed by atoms with Crippen LogP contribution in [-0.4, -0.2) is 14.0 Å². The summed E-state index contributed by atoms with van der Waals surface area (Å²) in [5.41, 5.74) is 0.982. The van der Waals surface area contributed by atoms with E-state index in [4.69, 9.17) is 11.6 Å². The van der Waals surface area contributed by atoms with Crippen LogP contribution in [-0.2, 0) is 18.0 Å². The highest BCUT2D eigenvalue weighted by atomic mass is 35.5. The van der Waals surface area contributed by atoms with E-state index >= 15 is 0 Å². The molecule has 5 nitrogen and oxygen atoms in total. The largest absolute Gasteiger partial charge is 0.338 e. The lowest BCUT2D eigenvalue weighted by Crippen LogP contribution is -2.25. The highest BCUT2D eigenvalue weighted by molar-refractivity contribution is 7.87. The van der Waals surface area contributed by atoms with Crippen LogP contribution in [0, 0.1) is 12.8 Å². The Balaban J connectivity index is 2.44. The number of pyridine rings is 1. The molecule has 0 amide bonds. The van der Waals surface area contributed by atoms with Gasteiger partial charge in [-0.2, -0.15) is 0 Å².